The number of rotatable bonds is 8. The van der Waals surface area contributed by atoms with Crippen molar-refractivity contribution >= 4 is 45.7 Å². The van der Waals surface area contributed by atoms with Crippen molar-refractivity contribution in [1.29, 1.82) is 0 Å². The van der Waals surface area contributed by atoms with Crippen LogP contribution in [-0.2, 0) is 9.59 Å². The summed E-state index contributed by atoms with van der Waals surface area (Å²) in [6, 6.07) is 4.31. The third kappa shape index (κ3) is 6.84. The molecule has 0 radical (unpaired) electrons. The summed E-state index contributed by atoms with van der Waals surface area (Å²) in [6.45, 7) is 9.90. The number of nitrogens with one attached hydrogen (secondary N) is 3. The minimum absolute atomic E-state index is 0.0670. The Hall–Kier alpha value is -2.13. The lowest BCUT2D eigenvalue weighted by Gasteiger charge is -2.13. The first kappa shape index (κ1) is 21.2. The van der Waals surface area contributed by atoms with Gasteiger partial charge in [-0.1, -0.05) is 40.8 Å². The van der Waals surface area contributed by atoms with E-state index in [2.05, 4.69) is 26.1 Å². The number of hydrogen-bond acceptors (Lipinski definition) is 7. The Labute approximate surface area is 167 Å². The number of carbonyl (C=O) groups excluding carboxylic acids is 2. The lowest BCUT2D eigenvalue weighted by Crippen LogP contribution is -2.34. The third-order valence-corrected chi connectivity index (χ3v) is 5.52. The number of amides is 2. The van der Waals surface area contributed by atoms with Crippen molar-refractivity contribution in [3.63, 3.8) is 0 Å². The molecule has 0 aliphatic rings. The summed E-state index contributed by atoms with van der Waals surface area (Å²) in [5.74, 6) is -0.282. The van der Waals surface area contributed by atoms with Crippen molar-refractivity contribution in [3.05, 3.63) is 28.8 Å². The van der Waals surface area contributed by atoms with Crippen molar-refractivity contribution in [2.45, 2.75) is 45.0 Å². The van der Waals surface area contributed by atoms with Crippen LogP contribution in [0.25, 0.3) is 0 Å². The van der Waals surface area contributed by atoms with Crippen LogP contribution in [-0.4, -0.2) is 40.4 Å². The molecule has 1 aromatic carbocycles. The maximum Gasteiger partial charge on any atom is 0.243 e. The topological polar surface area (TPSA) is 96.0 Å². The Morgan fingerprint density at radius 1 is 1.11 bits per heavy atom. The second-order valence-electron chi connectivity index (χ2n) is 6.56. The predicted molar refractivity (Wildman–Crippen MR) is 112 cm³/mol. The van der Waals surface area contributed by atoms with Gasteiger partial charge in [-0.3, -0.25) is 9.59 Å². The molecule has 0 atom stereocenters. The summed E-state index contributed by atoms with van der Waals surface area (Å²) >= 11 is 2.70. The molecule has 146 valence electrons. The van der Waals surface area contributed by atoms with Crippen LogP contribution in [0.4, 0.5) is 10.8 Å². The summed E-state index contributed by atoms with van der Waals surface area (Å²) in [6.07, 6.45) is 0. The molecule has 0 aliphatic carbocycles. The number of carbonyl (C=O) groups is 2. The molecule has 0 saturated carbocycles. The Morgan fingerprint density at radius 2 is 1.78 bits per heavy atom. The quantitative estimate of drug-likeness (QED) is 0.582. The van der Waals surface area contributed by atoms with Crippen LogP contribution in [0.5, 0.6) is 0 Å². The summed E-state index contributed by atoms with van der Waals surface area (Å²) in [5, 5.41) is 17.4. The third-order valence-electron chi connectivity index (χ3n) is 3.53. The van der Waals surface area contributed by atoms with Crippen LogP contribution < -0.4 is 16.0 Å². The van der Waals surface area contributed by atoms with Crippen molar-refractivity contribution in [2.24, 2.45) is 0 Å². The highest BCUT2D eigenvalue weighted by molar-refractivity contribution is 8.01. The van der Waals surface area contributed by atoms with Gasteiger partial charge in [0.1, 0.15) is 0 Å². The highest BCUT2D eigenvalue weighted by atomic mass is 32.2. The minimum Gasteiger partial charge on any atom is -0.358 e. The van der Waals surface area contributed by atoms with Gasteiger partial charge in [0.2, 0.25) is 16.9 Å². The molecule has 7 nitrogen and oxygen atoms in total. The smallest absolute Gasteiger partial charge is 0.243 e. The molecule has 2 amide bonds. The van der Waals surface area contributed by atoms with E-state index in [9.17, 15) is 9.59 Å². The fourth-order valence-electron chi connectivity index (χ4n) is 2.49. The standard InChI is InChI=1S/C18H25N5O2S2/c1-10(2)20-17-22-23-18(27-17)26-9-15(25)19-8-14(24)21-16-12(4)6-11(3)7-13(16)5/h6-7,10H,8-9H2,1-5H3,(H,19,25)(H,20,22)(H,21,24). The molecule has 1 aromatic heterocycles. The summed E-state index contributed by atoms with van der Waals surface area (Å²) < 4.78 is 0.712. The molecule has 0 bridgehead atoms. The van der Waals surface area contributed by atoms with Gasteiger partial charge in [0.25, 0.3) is 0 Å². The van der Waals surface area contributed by atoms with Crippen LogP contribution in [0, 0.1) is 20.8 Å². The minimum atomic E-state index is -0.247. The zero-order chi connectivity index (χ0) is 20.0. The first-order valence-electron chi connectivity index (χ1n) is 8.62. The van der Waals surface area contributed by atoms with E-state index in [-0.39, 0.29) is 30.2 Å². The second-order valence-corrected chi connectivity index (χ2v) is 8.76. The van der Waals surface area contributed by atoms with Crippen LogP contribution in [0.1, 0.15) is 30.5 Å². The Kier molecular flexibility index (Phi) is 7.61. The first-order valence-corrected chi connectivity index (χ1v) is 10.4. The first-order chi connectivity index (χ1) is 12.7. The molecular formula is C18H25N5O2S2. The molecule has 1 heterocycles. The molecule has 0 aliphatic heterocycles. The van der Waals surface area contributed by atoms with Gasteiger partial charge in [-0.2, -0.15) is 0 Å². The molecule has 0 unspecified atom stereocenters. The fourth-order valence-corrected chi connectivity index (χ4v) is 4.22. The van der Waals surface area contributed by atoms with Gasteiger partial charge in [0, 0.05) is 11.7 Å². The van der Waals surface area contributed by atoms with Crippen molar-refractivity contribution in [3.8, 4) is 0 Å². The Balaban J connectivity index is 1.77. The van der Waals surface area contributed by atoms with Gasteiger partial charge in [0.05, 0.1) is 12.3 Å². The van der Waals surface area contributed by atoms with Crippen molar-refractivity contribution in [1.82, 2.24) is 15.5 Å². The van der Waals surface area contributed by atoms with Gasteiger partial charge in [-0.15, -0.1) is 10.2 Å². The maximum absolute atomic E-state index is 12.1. The number of nitrogens with zero attached hydrogens (tertiary/aromatic N) is 2. The van der Waals surface area contributed by atoms with E-state index >= 15 is 0 Å². The molecule has 0 fully saturated rings. The Morgan fingerprint density at radius 3 is 2.41 bits per heavy atom. The van der Waals surface area contributed by atoms with E-state index in [1.807, 2.05) is 46.8 Å². The number of anilines is 2. The van der Waals surface area contributed by atoms with Crippen LogP contribution in [0.2, 0.25) is 0 Å². The van der Waals surface area contributed by atoms with Crippen LogP contribution in [0.3, 0.4) is 0 Å². The van der Waals surface area contributed by atoms with Crippen molar-refractivity contribution in [2.75, 3.05) is 22.9 Å². The SMILES string of the molecule is Cc1cc(C)c(NC(=O)CNC(=O)CSc2nnc(NC(C)C)s2)c(C)c1. The second kappa shape index (κ2) is 9.70. The van der Waals surface area contributed by atoms with Crippen LogP contribution >= 0.6 is 23.1 Å². The fraction of sp³-hybridized carbons (Fsp3) is 0.444. The zero-order valence-corrected chi connectivity index (χ0v) is 17.8. The highest BCUT2D eigenvalue weighted by Crippen LogP contribution is 2.25. The van der Waals surface area contributed by atoms with Gasteiger partial charge in [-0.05, 0) is 45.7 Å². The van der Waals surface area contributed by atoms with Gasteiger partial charge in [-0.25, -0.2) is 0 Å². The van der Waals surface area contributed by atoms with E-state index in [1.54, 1.807) is 0 Å². The highest BCUT2D eigenvalue weighted by Gasteiger charge is 2.12. The van der Waals surface area contributed by atoms with E-state index in [0.29, 0.717) is 4.34 Å². The largest absolute Gasteiger partial charge is 0.358 e. The summed E-state index contributed by atoms with van der Waals surface area (Å²) in [7, 11) is 0. The van der Waals surface area contributed by atoms with Gasteiger partial charge < -0.3 is 16.0 Å². The average Bonchev–Trinajstić information content (AvgIpc) is 3.01. The number of hydrogen-bond donors (Lipinski definition) is 3. The lowest BCUT2D eigenvalue weighted by atomic mass is 10.1. The van der Waals surface area contributed by atoms with E-state index < -0.39 is 0 Å². The van der Waals surface area contributed by atoms with E-state index in [1.165, 1.54) is 23.1 Å². The number of aryl methyl sites for hydroxylation is 3. The zero-order valence-electron chi connectivity index (χ0n) is 16.2. The molecule has 27 heavy (non-hydrogen) atoms. The molecule has 9 heteroatoms. The summed E-state index contributed by atoms with van der Waals surface area (Å²) in [5.41, 5.74) is 3.96. The molecule has 0 saturated heterocycles. The van der Waals surface area contributed by atoms with Crippen LogP contribution in [0.15, 0.2) is 16.5 Å². The molecule has 2 aromatic rings. The average molecular weight is 408 g/mol. The normalized spacial score (nSPS) is 10.7. The molecule has 2 rings (SSSR count). The number of benzene rings is 1. The summed E-state index contributed by atoms with van der Waals surface area (Å²) in [4.78, 5) is 24.1. The lowest BCUT2D eigenvalue weighted by molar-refractivity contribution is -0.122. The Bertz CT molecular complexity index is 797. The molecular weight excluding hydrogens is 382 g/mol. The predicted octanol–water partition coefficient (Wildman–Crippen LogP) is 3.13. The van der Waals surface area contributed by atoms with Crippen molar-refractivity contribution < 1.29 is 9.59 Å². The van der Waals surface area contributed by atoms with Gasteiger partial charge in [0.15, 0.2) is 4.34 Å². The number of aromatic nitrogens is 2. The van der Waals surface area contributed by atoms with Gasteiger partial charge >= 0.3 is 0 Å². The monoisotopic (exact) mass is 407 g/mol. The molecule has 3 N–H and O–H groups in total. The molecule has 0 spiro atoms. The van der Waals surface area contributed by atoms with E-state index in [0.717, 1.165) is 27.5 Å². The number of thioether (sulfide) groups is 1. The maximum atomic E-state index is 12.1. The van der Waals surface area contributed by atoms with E-state index in [4.69, 9.17) is 0 Å².